The lowest BCUT2D eigenvalue weighted by atomic mass is 10.1. The van der Waals surface area contributed by atoms with Crippen molar-refractivity contribution in [3.63, 3.8) is 0 Å². The van der Waals surface area contributed by atoms with Crippen molar-refractivity contribution >= 4 is 40.2 Å². The lowest BCUT2D eigenvalue weighted by Crippen LogP contribution is -2.27. The Hall–Kier alpha value is -2.69. The second-order valence-electron chi connectivity index (χ2n) is 7.04. The Labute approximate surface area is 179 Å². The summed E-state index contributed by atoms with van der Waals surface area (Å²) in [7, 11) is 0. The number of benzene rings is 3. The minimum atomic E-state index is -0.119. The van der Waals surface area contributed by atoms with Crippen LogP contribution in [0.5, 0.6) is 0 Å². The second-order valence-corrected chi connectivity index (χ2v) is 8.56. The standard InChI is InChI=1S/C24H21ClN2OS/c1-15-8-13-20-21(14-15)27-22(23(20)29-19-11-9-18(25)10-12-19)24(28)26-16(2)17-6-4-3-5-7-17/h3-14,16,27H,1-2H3,(H,26,28). The first-order valence-electron chi connectivity index (χ1n) is 9.43. The number of H-pyrrole nitrogens is 1. The quantitative estimate of drug-likeness (QED) is 0.374. The van der Waals surface area contributed by atoms with Gasteiger partial charge in [0.25, 0.3) is 5.91 Å². The summed E-state index contributed by atoms with van der Waals surface area (Å²) in [6.07, 6.45) is 0. The van der Waals surface area contributed by atoms with Crippen LogP contribution in [-0.4, -0.2) is 10.9 Å². The van der Waals surface area contributed by atoms with Crippen molar-refractivity contribution in [3.8, 4) is 0 Å². The van der Waals surface area contributed by atoms with Gasteiger partial charge in [0, 0.05) is 20.8 Å². The van der Waals surface area contributed by atoms with Crippen LogP contribution in [0.2, 0.25) is 5.02 Å². The highest BCUT2D eigenvalue weighted by Gasteiger charge is 2.21. The van der Waals surface area contributed by atoms with E-state index in [1.165, 1.54) is 0 Å². The van der Waals surface area contributed by atoms with E-state index in [0.717, 1.165) is 31.8 Å². The molecule has 1 aromatic heterocycles. The minimum absolute atomic E-state index is 0.0924. The summed E-state index contributed by atoms with van der Waals surface area (Å²) >= 11 is 7.59. The average Bonchev–Trinajstić information content (AvgIpc) is 3.07. The van der Waals surface area contributed by atoms with Gasteiger partial charge in [-0.25, -0.2) is 0 Å². The molecule has 0 aliphatic carbocycles. The number of fused-ring (bicyclic) bond motifs is 1. The van der Waals surface area contributed by atoms with Crippen LogP contribution in [0.25, 0.3) is 10.9 Å². The molecule has 4 rings (SSSR count). The number of aromatic nitrogens is 1. The fourth-order valence-corrected chi connectivity index (χ4v) is 4.43. The van der Waals surface area contributed by atoms with Crippen LogP contribution in [-0.2, 0) is 0 Å². The van der Waals surface area contributed by atoms with E-state index in [1.807, 2.05) is 68.4 Å². The molecule has 0 bridgehead atoms. The number of carbonyl (C=O) groups excluding carboxylic acids is 1. The fraction of sp³-hybridized carbons (Fsp3) is 0.125. The van der Waals surface area contributed by atoms with Gasteiger partial charge in [0.15, 0.2) is 0 Å². The number of carbonyl (C=O) groups is 1. The number of amides is 1. The fourth-order valence-electron chi connectivity index (χ4n) is 3.27. The van der Waals surface area contributed by atoms with E-state index < -0.39 is 0 Å². The molecular formula is C24H21ClN2OS. The maximum atomic E-state index is 13.2. The zero-order valence-electron chi connectivity index (χ0n) is 16.2. The third-order valence-corrected chi connectivity index (χ3v) is 6.20. The zero-order chi connectivity index (χ0) is 20.4. The Kier molecular flexibility index (Phi) is 5.65. The summed E-state index contributed by atoms with van der Waals surface area (Å²) in [6, 6.07) is 23.7. The molecule has 1 unspecified atom stereocenters. The molecule has 4 aromatic rings. The summed E-state index contributed by atoms with van der Waals surface area (Å²) in [5.74, 6) is -0.119. The second kappa shape index (κ2) is 8.36. The van der Waals surface area contributed by atoms with Gasteiger partial charge in [0.1, 0.15) is 5.69 Å². The number of rotatable bonds is 5. The Morgan fingerprint density at radius 2 is 1.76 bits per heavy atom. The summed E-state index contributed by atoms with van der Waals surface area (Å²) < 4.78 is 0. The number of hydrogen-bond donors (Lipinski definition) is 2. The number of nitrogens with one attached hydrogen (secondary N) is 2. The molecule has 3 aromatic carbocycles. The molecule has 0 aliphatic rings. The molecule has 0 aliphatic heterocycles. The normalized spacial score (nSPS) is 12.1. The lowest BCUT2D eigenvalue weighted by molar-refractivity contribution is 0.0932. The van der Waals surface area contributed by atoms with Crippen molar-refractivity contribution in [1.82, 2.24) is 10.3 Å². The predicted octanol–water partition coefficient (Wildman–Crippen LogP) is 6.77. The van der Waals surface area contributed by atoms with Crippen molar-refractivity contribution in [2.24, 2.45) is 0 Å². The van der Waals surface area contributed by atoms with Gasteiger partial charge in [-0.15, -0.1) is 0 Å². The van der Waals surface area contributed by atoms with Gasteiger partial charge in [0.05, 0.1) is 10.9 Å². The lowest BCUT2D eigenvalue weighted by Gasteiger charge is -2.14. The van der Waals surface area contributed by atoms with Gasteiger partial charge >= 0.3 is 0 Å². The monoisotopic (exact) mass is 420 g/mol. The first kappa shape index (κ1) is 19.6. The van der Waals surface area contributed by atoms with E-state index in [-0.39, 0.29) is 11.9 Å². The molecule has 0 saturated carbocycles. The number of hydrogen-bond acceptors (Lipinski definition) is 2. The molecule has 5 heteroatoms. The van der Waals surface area contributed by atoms with Gasteiger partial charge in [-0.05, 0) is 55.3 Å². The molecule has 2 N–H and O–H groups in total. The maximum Gasteiger partial charge on any atom is 0.269 e. The summed E-state index contributed by atoms with van der Waals surface area (Å²) in [6.45, 7) is 4.04. The molecule has 1 heterocycles. The predicted molar refractivity (Wildman–Crippen MR) is 121 cm³/mol. The van der Waals surface area contributed by atoms with Crippen LogP contribution in [0.15, 0.2) is 82.6 Å². The first-order valence-corrected chi connectivity index (χ1v) is 10.6. The number of aromatic amines is 1. The van der Waals surface area contributed by atoms with Crippen LogP contribution in [0.4, 0.5) is 0 Å². The summed E-state index contributed by atoms with van der Waals surface area (Å²) in [5, 5.41) is 4.85. The van der Waals surface area contributed by atoms with Gasteiger partial charge < -0.3 is 10.3 Å². The molecule has 0 spiro atoms. The van der Waals surface area contributed by atoms with E-state index >= 15 is 0 Å². The van der Waals surface area contributed by atoms with E-state index in [4.69, 9.17) is 11.6 Å². The molecule has 0 radical (unpaired) electrons. The van der Waals surface area contributed by atoms with E-state index in [0.29, 0.717) is 10.7 Å². The Morgan fingerprint density at radius 3 is 2.48 bits per heavy atom. The van der Waals surface area contributed by atoms with Crippen molar-refractivity contribution in [3.05, 3.63) is 94.6 Å². The number of aryl methyl sites for hydroxylation is 1. The highest BCUT2D eigenvalue weighted by atomic mass is 35.5. The Bertz CT molecular complexity index is 1150. The highest BCUT2D eigenvalue weighted by Crippen LogP contribution is 2.37. The Balaban J connectivity index is 1.70. The maximum absolute atomic E-state index is 13.2. The van der Waals surface area contributed by atoms with Gasteiger partial charge in [-0.2, -0.15) is 0 Å². The summed E-state index contributed by atoms with van der Waals surface area (Å²) in [5.41, 5.74) is 3.75. The third kappa shape index (κ3) is 4.34. The minimum Gasteiger partial charge on any atom is -0.350 e. The van der Waals surface area contributed by atoms with Crippen LogP contribution in [0.3, 0.4) is 0 Å². The van der Waals surface area contributed by atoms with E-state index in [2.05, 4.69) is 28.5 Å². The van der Waals surface area contributed by atoms with E-state index in [9.17, 15) is 4.79 Å². The molecule has 1 atom stereocenters. The Morgan fingerprint density at radius 1 is 1.03 bits per heavy atom. The van der Waals surface area contributed by atoms with Crippen LogP contribution in [0.1, 0.15) is 34.6 Å². The van der Waals surface area contributed by atoms with E-state index in [1.54, 1.807) is 11.8 Å². The third-order valence-electron chi connectivity index (χ3n) is 4.81. The zero-order valence-corrected chi connectivity index (χ0v) is 17.8. The van der Waals surface area contributed by atoms with Crippen molar-refractivity contribution < 1.29 is 4.79 Å². The van der Waals surface area contributed by atoms with Crippen LogP contribution in [0, 0.1) is 6.92 Å². The first-order chi connectivity index (χ1) is 14.0. The molecule has 3 nitrogen and oxygen atoms in total. The topological polar surface area (TPSA) is 44.9 Å². The molecule has 1 amide bonds. The van der Waals surface area contributed by atoms with Gasteiger partial charge in [-0.1, -0.05) is 65.8 Å². The molecular weight excluding hydrogens is 400 g/mol. The molecule has 29 heavy (non-hydrogen) atoms. The van der Waals surface area contributed by atoms with Crippen molar-refractivity contribution in [2.75, 3.05) is 0 Å². The van der Waals surface area contributed by atoms with Crippen LogP contribution >= 0.6 is 23.4 Å². The van der Waals surface area contributed by atoms with Crippen LogP contribution < -0.4 is 5.32 Å². The SMILES string of the molecule is Cc1ccc2c(Sc3ccc(Cl)cc3)c(C(=O)NC(C)c3ccccc3)[nH]c2c1. The molecule has 0 fully saturated rings. The largest absolute Gasteiger partial charge is 0.350 e. The number of halogens is 1. The van der Waals surface area contributed by atoms with Crippen molar-refractivity contribution in [2.45, 2.75) is 29.7 Å². The van der Waals surface area contributed by atoms with Gasteiger partial charge in [0.2, 0.25) is 0 Å². The smallest absolute Gasteiger partial charge is 0.269 e. The van der Waals surface area contributed by atoms with Crippen molar-refractivity contribution in [1.29, 1.82) is 0 Å². The van der Waals surface area contributed by atoms with Gasteiger partial charge in [-0.3, -0.25) is 4.79 Å². The highest BCUT2D eigenvalue weighted by molar-refractivity contribution is 7.99. The molecule has 146 valence electrons. The average molecular weight is 421 g/mol. The molecule has 0 saturated heterocycles. The summed E-state index contributed by atoms with van der Waals surface area (Å²) in [4.78, 5) is 18.5.